The molecular weight excluding hydrogens is 260 g/mol. The van der Waals surface area contributed by atoms with Crippen LogP contribution >= 0.6 is 23.1 Å². The zero-order chi connectivity index (χ0) is 12.4. The maximum Gasteiger partial charge on any atom is 0.154 e. The van der Waals surface area contributed by atoms with E-state index in [0.29, 0.717) is 0 Å². The Hall–Kier alpha value is -0.840. The molecule has 18 heavy (non-hydrogen) atoms. The summed E-state index contributed by atoms with van der Waals surface area (Å²) < 4.78 is 1.11. The summed E-state index contributed by atoms with van der Waals surface area (Å²) in [4.78, 5) is 5.58. The Balaban J connectivity index is 1.67. The molecule has 3 rings (SSSR count). The fourth-order valence-electron chi connectivity index (χ4n) is 1.83. The Bertz CT molecular complexity index is 519. The summed E-state index contributed by atoms with van der Waals surface area (Å²) in [7, 11) is 0. The minimum atomic E-state index is 0.772. The Morgan fingerprint density at radius 3 is 3.00 bits per heavy atom. The van der Waals surface area contributed by atoms with E-state index in [1.807, 2.05) is 11.6 Å². The molecule has 0 bridgehead atoms. The largest absolute Gasteiger partial charge is 0.310 e. The zero-order valence-corrected chi connectivity index (χ0v) is 12.0. The van der Waals surface area contributed by atoms with Crippen molar-refractivity contribution in [3.63, 3.8) is 0 Å². The molecule has 0 saturated heterocycles. The number of aryl methyl sites for hydroxylation is 1. The van der Waals surface area contributed by atoms with Crippen LogP contribution in [0.1, 0.15) is 24.0 Å². The van der Waals surface area contributed by atoms with Crippen molar-refractivity contribution in [2.45, 2.75) is 41.6 Å². The number of aromatic nitrogens is 1. The molecule has 0 spiro atoms. The Morgan fingerprint density at radius 1 is 1.44 bits per heavy atom. The standard InChI is InChI=1S/C14H16N2S2/c1-10-8-13(18-14-15-6-7-17-14)5-2-11(10)9-16-12-3-4-12/h2,5-8,12,16H,3-4,9H2,1H3. The van der Waals surface area contributed by atoms with Gasteiger partial charge in [-0.25, -0.2) is 4.98 Å². The normalized spacial score (nSPS) is 14.9. The van der Waals surface area contributed by atoms with Crippen LogP contribution in [0.2, 0.25) is 0 Å². The second-order valence-corrected chi connectivity index (χ2v) is 6.86. The van der Waals surface area contributed by atoms with E-state index in [2.05, 4.69) is 35.4 Å². The third-order valence-corrected chi connectivity index (χ3v) is 4.96. The molecule has 0 atom stereocenters. The molecule has 2 nitrogen and oxygen atoms in total. The maximum absolute atomic E-state index is 4.30. The van der Waals surface area contributed by atoms with Crippen LogP contribution < -0.4 is 5.32 Å². The highest BCUT2D eigenvalue weighted by Crippen LogP contribution is 2.30. The van der Waals surface area contributed by atoms with Crippen LogP contribution in [0.15, 0.2) is 39.0 Å². The molecule has 1 fully saturated rings. The van der Waals surface area contributed by atoms with Crippen molar-refractivity contribution in [3.05, 3.63) is 40.9 Å². The van der Waals surface area contributed by atoms with Crippen LogP contribution in [0.4, 0.5) is 0 Å². The van der Waals surface area contributed by atoms with Crippen LogP contribution in [-0.4, -0.2) is 11.0 Å². The second-order valence-electron chi connectivity index (χ2n) is 4.64. The van der Waals surface area contributed by atoms with Crippen molar-refractivity contribution < 1.29 is 0 Å². The topological polar surface area (TPSA) is 24.9 Å². The molecule has 0 amide bonds. The molecule has 0 unspecified atom stereocenters. The van der Waals surface area contributed by atoms with Crippen molar-refractivity contribution in [2.24, 2.45) is 0 Å². The molecule has 1 saturated carbocycles. The van der Waals surface area contributed by atoms with E-state index in [1.54, 1.807) is 23.1 Å². The number of rotatable bonds is 5. The van der Waals surface area contributed by atoms with Gasteiger partial charge in [-0.1, -0.05) is 17.8 Å². The lowest BCUT2D eigenvalue weighted by atomic mass is 10.1. The average Bonchev–Trinajstić information content (AvgIpc) is 3.05. The van der Waals surface area contributed by atoms with Crippen molar-refractivity contribution in [3.8, 4) is 0 Å². The molecule has 94 valence electrons. The molecule has 1 aliphatic carbocycles. The third kappa shape index (κ3) is 3.13. The van der Waals surface area contributed by atoms with Gasteiger partial charge in [-0.3, -0.25) is 0 Å². The van der Waals surface area contributed by atoms with E-state index in [1.165, 1.54) is 28.9 Å². The van der Waals surface area contributed by atoms with Gasteiger partial charge in [0.15, 0.2) is 4.34 Å². The second kappa shape index (κ2) is 5.43. The van der Waals surface area contributed by atoms with Crippen LogP contribution in [0.5, 0.6) is 0 Å². The predicted molar refractivity (Wildman–Crippen MR) is 77.3 cm³/mol. The van der Waals surface area contributed by atoms with Gasteiger partial charge in [0, 0.05) is 29.1 Å². The minimum absolute atomic E-state index is 0.772. The molecule has 0 radical (unpaired) electrons. The SMILES string of the molecule is Cc1cc(Sc2nccs2)ccc1CNC1CC1. The van der Waals surface area contributed by atoms with Gasteiger partial charge in [0.25, 0.3) is 0 Å². The lowest BCUT2D eigenvalue weighted by molar-refractivity contribution is 0.685. The van der Waals surface area contributed by atoms with E-state index < -0.39 is 0 Å². The lowest BCUT2D eigenvalue weighted by Crippen LogP contribution is -2.15. The molecule has 4 heteroatoms. The maximum atomic E-state index is 4.30. The summed E-state index contributed by atoms with van der Waals surface area (Å²) in [6.45, 7) is 3.19. The molecule has 1 aliphatic rings. The van der Waals surface area contributed by atoms with Gasteiger partial charge in [-0.15, -0.1) is 11.3 Å². The van der Waals surface area contributed by atoms with Gasteiger partial charge in [0.05, 0.1) is 0 Å². The van der Waals surface area contributed by atoms with Crippen LogP contribution in [-0.2, 0) is 6.54 Å². The van der Waals surface area contributed by atoms with Gasteiger partial charge in [0.1, 0.15) is 0 Å². The lowest BCUT2D eigenvalue weighted by Gasteiger charge is -2.08. The highest BCUT2D eigenvalue weighted by molar-refractivity contribution is 8.01. The Kier molecular flexibility index (Phi) is 3.68. The molecule has 0 aliphatic heterocycles. The van der Waals surface area contributed by atoms with Crippen molar-refractivity contribution in [1.82, 2.24) is 10.3 Å². The number of thiazole rings is 1. The third-order valence-electron chi connectivity index (χ3n) is 3.09. The highest BCUT2D eigenvalue weighted by Gasteiger charge is 2.20. The smallest absolute Gasteiger partial charge is 0.154 e. The number of hydrogen-bond acceptors (Lipinski definition) is 4. The molecule has 1 aromatic carbocycles. The van der Waals surface area contributed by atoms with Gasteiger partial charge in [-0.2, -0.15) is 0 Å². The first kappa shape index (κ1) is 12.2. The number of hydrogen-bond donors (Lipinski definition) is 1. The van der Waals surface area contributed by atoms with Gasteiger partial charge >= 0.3 is 0 Å². The summed E-state index contributed by atoms with van der Waals surface area (Å²) in [5.74, 6) is 0. The van der Waals surface area contributed by atoms with E-state index in [-0.39, 0.29) is 0 Å². The first-order chi connectivity index (χ1) is 8.81. The number of nitrogens with zero attached hydrogens (tertiary/aromatic N) is 1. The summed E-state index contributed by atoms with van der Waals surface area (Å²) in [5, 5.41) is 5.58. The van der Waals surface area contributed by atoms with Crippen molar-refractivity contribution >= 4 is 23.1 Å². The highest BCUT2D eigenvalue weighted by atomic mass is 32.2. The van der Waals surface area contributed by atoms with E-state index in [0.717, 1.165) is 16.9 Å². The summed E-state index contributed by atoms with van der Waals surface area (Å²) >= 11 is 3.43. The fraction of sp³-hybridized carbons (Fsp3) is 0.357. The zero-order valence-electron chi connectivity index (χ0n) is 10.3. The van der Waals surface area contributed by atoms with Crippen LogP contribution in [0, 0.1) is 6.92 Å². The van der Waals surface area contributed by atoms with Crippen molar-refractivity contribution in [1.29, 1.82) is 0 Å². The predicted octanol–water partition coefficient (Wildman–Crippen LogP) is 3.85. The Labute approximate surface area is 116 Å². The molecule has 1 aromatic heterocycles. The molecule has 2 aromatic rings. The van der Waals surface area contributed by atoms with Gasteiger partial charge in [-0.05, 0) is 43.0 Å². The van der Waals surface area contributed by atoms with E-state index >= 15 is 0 Å². The van der Waals surface area contributed by atoms with E-state index in [9.17, 15) is 0 Å². The summed E-state index contributed by atoms with van der Waals surface area (Å²) in [6, 6.07) is 7.47. The van der Waals surface area contributed by atoms with E-state index in [4.69, 9.17) is 0 Å². The first-order valence-corrected chi connectivity index (χ1v) is 7.91. The summed E-state index contributed by atoms with van der Waals surface area (Å²) in [5.41, 5.74) is 2.77. The average molecular weight is 276 g/mol. The quantitative estimate of drug-likeness (QED) is 0.897. The molecule has 1 heterocycles. The van der Waals surface area contributed by atoms with Crippen LogP contribution in [0.3, 0.4) is 0 Å². The monoisotopic (exact) mass is 276 g/mol. The van der Waals surface area contributed by atoms with Gasteiger partial charge in [0.2, 0.25) is 0 Å². The molecular formula is C14H16N2S2. The summed E-state index contributed by atoms with van der Waals surface area (Å²) in [6.07, 6.45) is 4.54. The van der Waals surface area contributed by atoms with Gasteiger partial charge < -0.3 is 5.32 Å². The number of nitrogens with one attached hydrogen (secondary N) is 1. The van der Waals surface area contributed by atoms with Crippen molar-refractivity contribution in [2.75, 3.05) is 0 Å². The fourth-order valence-corrected chi connectivity index (χ4v) is 3.53. The Morgan fingerprint density at radius 2 is 2.33 bits per heavy atom. The number of benzene rings is 1. The minimum Gasteiger partial charge on any atom is -0.310 e. The molecule has 1 N–H and O–H groups in total. The first-order valence-electron chi connectivity index (χ1n) is 6.21. The van der Waals surface area contributed by atoms with Crippen LogP contribution in [0.25, 0.3) is 0 Å².